The zero-order chi connectivity index (χ0) is 17.9. The van der Waals surface area contributed by atoms with Gasteiger partial charge in [0, 0.05) is 11.6 Å². The number of aromatic nitrogens is 1. The maximum atomic E-state index is 12.0. The van der Waals surface area contributed by atoms with Crippen molar-refractivity contribution < 1.29 is 23.5 Å². The molecule has 0 unspecified atom stereocenters. The molecule has 1 aliphatic heterocycles. The molecule has 6 nitrogen and oxygen atoms in total. The Labute approximate surface area is 150 Å². The fraction of sp³-hybridized carbons (Fsp3) is 0.200. The molecule has 0 saturated carbocycles. The van der Waals surface area contributed by atoms with Gasteiger partial charge in [0.15, 0.2) is 17.3 Å². The standard InChI is InChI=1S/C20H17NO5/c1-13-3-2-4-14(7-13)8-20(22)23-11-16-10-18(26-21-16)15-5-6-17-19(9-15)25-12-24-17/h2-7,9-10H,8,11-12H2,1H3. The van der Waals surface area contributed by atoms with Crippen LogP contribution in [0.5, 0.6) is 11.5 Å². The summed E-state index contributed by atoms with van der Waals surface area (Å²) < 4.78 is 21.3. The van der Waals surface area contributed by atoms with Crippen molar-refractivity contribution in [1.82, 2.24) is 5.16 Å². The maximum Gasteiger partial charge on any atom is 0.310 e. The van der Waals surface area contributed by atoms with E-state index in [-0.39, 0.29) is 25.8 Å². The van der Waals surface area contributed by atoms with Crippen LogP contribution >= 0.6 is 0 Å². The van der Waals surface area contributed by atoms with E-state index < -0.39 is 0 Å². The summed E-state index contributed by atoms with van der Waals surface area (Å²) in [6.45, 7) is 2.28. The van der Waals surface area contributed by atoms with E-state index in [4.69, 9.17) is 18.7 Å². The average Bonchev–Trinajstić information content (AvgIpc) is 3.28. The van der Waals surface area contributed by atoms with Gasteiger partial charge < -0.3 is 18.7 Å². The minimum atomic E-state index is -0.303. The monoisotopic (exact) mass is 351 g/mol. The van der Waals surface area contributed by atoms with Gasteiger partial charge in [0.05, 0.1) is 6.42 Å². The fourth-order valence-electron chi connectivity index (χ4n) is 2.76. The van der Waals surface area contributed by atoms with E-state index in [1.165, 1.54) is 0 Å². The maximum absolute atomic E-state index is 12.0. The smallest absolute Gasteiger partial charge is 0.310 e. The lowest BCUT2D eigenvalue weighted by atomic mass is 10.1. The third kappa shape index (κ3) is 3.54. The van der Waals surface area contributed by atoms with Gasteiger partial charge in [-0.1, -0.05) is 35.0 Å². The minimum Gasteiger partial charge on any atom is -0.459 e. The number of benzene rings is 2. The number of ether oxygens (including phenoxy) is 3. The second-order valence-corrected chi connectivity index (χ2v) is 6.08. The van der Waals surface area contributed by atoms with Gasteiger partial charge in [-0.15, -0.1) is 0 Å². The van der Waals surface area contributed by atoms with Crippen LogP contribution in [0.4, 0.5) is 0 Å². The number of hydrogen-bond acceptors (Lipinski definition) is 6. The van der Waals surface area contributed by atoms with Gasteiger partial charge in [0.25, 0.3) is 0 Å². The molecule has 0 amide bonds. The van der Waals surface area contributed by atoms with Crippen LogP contribution in [0, 0.1) is 6.92 Å². The molecular formula is C20H17NO5. The highest BCUT2D eigenvalue weighted by molar-refractivity contribution is 5.72. The molecule has 6 heteroatoms. The van der Waals surface area contributed by atoms with Crippen LogP contribution in [0.2, 0.25) is 0 Å². The van der Waals surface area contributed by atoms with Crippen molar-refractivity contribution in [1.29, 1.82) is 0 Å². The van der Waals surface area contributed by atoms with E-state index in [1.54, 1.807) is 6.07 Å². The summed E-state index contributed by atoms with van der Waals surface area (Å²) in [5.74, 6) is 1.65. The molecule has 26 heavy (non-hydrogen) atoms. The summed E-state index contributed by atoms with van der Waals surface area (Å²) in [6, 6.07) is 15.0. The van der Waals surface area contributed by atoms with E-state index in [9.17, 15) is 4.79 Å². The van der Waals surface area contributed by atoms with Gasteiger partial charge in [0.2, 0.25) is 6.79 Å². The average molecular weight is 351 g/mol. The molecule has 0 N–H and O–H groups in total. The van der Waals surface area contributed by atoms with Crippen LogP contribution in [0.3, 0.4) is 0 Å². The van der Waals surface area contributed by atoms with Crippen LogP contribution < -0.4 is 9.47 Å². The lowest BCUT2D eigenvalue weighted by Crippen LogP contribution is -2.08. The van der Waals surface area contributed by atoms with Crippen molar-refractivity contribution in [3.8, 4) is 22.8 Å². The Morgan fingerprint density at radius 3 is 2.88 bits per heavy atom. The Hall–Kier alpha value is -3.28. The first-order chi connectivity index (χ1) is 12.7. The number of hydrogen-bond donors (Lipinski definition) is 0. The minimum absolute atomic E-state index is 0.0682. The van der Waals surface area contributed by atoms with E-state index in [2.05, 4.69) is 5.16 Å². The summed E-state index contributed by atoms with van der Waals surface area (Å²) in [6.07, 6.45) is 0.231. The molecule has 1 aliphatic rings. The number of fused-ring (bicyclic) bond motifs is 1. The first-order valence-electron chi connectivity index (χ1n) is 8.24. The third-order valence-corrected chi connectivity index (χ3v) is 4.03. The van der Waals surface area contributed by atoms with E-state index in [0.29, 0.717) is 23.0 Å². The molecule has 0 radical (unpaired) electrons. The van der Waals surface area contributed by atoms with Gasteiger partial charge in [-0.25, -0.2) is 0 Å². The molecule has 4 rings (SSSR count). The van der Waals surface area contributed by atoms with Crippen molar-refractivity contribution in [2.24, 2.45) is 0 Å². The molecule has 0 spiro atoms. The number of carbonyl (C=O) groups excluding carboxylic acids is 1. The SMILES string of the molecule is Cc1cccc(CC(=O)OCc2cc(-c3ccc4c(c3)OCO4)on2)c1. The summed E-state index contributed by atoms with van der Waals surface area (Å²) in [5, 5.41) is 3.95. The predicted molar refractivity (Wildman–Crippen MR) is 92.7 cm³/mol. The lowest BCUT2D eigenvalue weighted by molar-refractivity contribution is -0.144. The van der Waals surface area contributed by atoms with Gasteiger partial charge >= 0.3 is 5.97 Å². The molecule has 0 fully saturated rings. The Bertz CT molecular complexity index is 947. The largest absolute Gasteiger partial charge is 0.459 e. The van der Waals surface area contributed by atoms with Gasteiger partial charge in [0.1, 0.15) is 12.3 Å². The molecular weight excluding hydrogens is 334 g/mol. The Balaban J connectivity index is 1.37. The lowest BCUT2D eigenvalue weighted by Gasteiger charge is -2.03. The van der Waals surface area contributed by atoms with Crippen LogP contribution in [0.1, 0.15) is 16.8 Å². The van der Waals surface area contributed by atoms with Gasteiger partial charge in [-0.2, -0.15) is 0 Å². The number of carbonyl (C=O) groups is 1. The van der Waals surface area contributed by atoms with Crippen LogP contribution in [-0.4, -0.2) is 17.9 Å². The zero-order valence-electron chi connectivity index (χ0n) is 14.2. The number of aryl methyl sites for hydroxylation is 1. The number of rotatable bonds is 5. The molecule has 0 atom stereocenters. The highest BCUT2D eigenvalue weighted by Crippen LogP contribution is 2.36. The van der Waals surface area contributed by atoms with E-state index in [0.717, 1.165) is 16.7 Å². The summed E-state index contributed by atoms with van der Waals surface area (Å²) in [5.41, 5.74) is 3.41. The van der Waals surface area contributed by atoms with Crippen LogP contribution in [0.25, 0.3) is 11.3 Å². The van der Waals surface area contributed by atoms with Crippen molar-refractivity contribution in [2.45, 2.75) is 20.0 Å². The second kappa shape index (κ2) is 6.92. The van der Waals surface area contributed by atoms with E-state index >= 15 is 0 Å². The summed E-state index contributed by atoms with van der Waals surface area (Å²) in [7, 11) is 0. The highest BCUT2D eigenvalue weighted by atomic mass is 16.7. The molecule has 2 heterocycles. The first-order valence-corrected chi connectivity index (χ1v) is 8.24. The molecule has 132 valence electrons. The molecule has 0 bridgehead atoms. The molecule has 3 aromatic rings. The fourth-order valence-corrected chi connectivity index (χ4v) is 2.76. The summed E-state index contributed by atoms with van der Waals surface area (Å²) in [4.78, 5) is 12.0. The van der Waals surface area contributed by atoms with Crippen LogP contribution in [0.15, 0.2) is 53.1 Å². The quantitative estimate of drug-likeness (QED) is 0.653. The molecule has 1 aromatic heterocycles. The van der Waals surface area contributed by atoms with E-state index in [1.807, 2.05) is 49.4 Å². The topological polar surface area (TPSA) is 70.8 Å². The summed E-state index contributed by atoms with van der Waals surface area (Å²) >= 11 is 0. The van der Waals surface area contributed by atoms with Crippen molar-refractivity contribution in [3.63, 3.8) is 0 Å². The molecule has 2 aromatic carbocycles. The van der Waals surface area contributed by atoms with Gasteiger partial charge in [-0.3, -0.25) is 4.79 Å². The second-order valence-electron chi connectivity index (χ2n) is 6.08. The Morgan fingerprint density at radius 2 is 2.00 bits per heavy atom. The molecule has 0 saturated heterocycles. The zero-order valence-corrected chi connectivity index (χ0v) is 14.2. The predicted octanol–water partition coefficient (Wildman–Crippen LogP) is 3.66. The highest BCUT2D eigenvalue weighted by Gasteiger charge is 2.16. The number of nitrogens with zero attached hydrogens (tertiary/aromatic N) is 1. The molecule has 0 aliphatic carbocycles. The van der Waals surface area contributed by atoms with Gasteiger partial charge in [-0.05, 0) is 30.7 Å². The van der Waals surface area contributed by atoms with Crippen molar-refractivity contribution in [3.05, 3.63) is 65.4 Å². The van der Waals surface area contributed by atoms with Crippen molar-refractivity contribution >= 4 is 5.97 Å². The first kappa shape index (κ1) is 16.2. The Morgan fingerprint density at radius 1 is 1.12 bits per heavy atom. The Kier molecular flexibility index (Phi) is 4.31. The van der Waals surface area contributed by atoms with Crippen LogP contribution in [-0.2, 0) is 22.6 Å². The van der Waals surface area contributed by atoms with Crippen molar-refractivity contribution in [2.75, 3.05) is 6.79 Å². The normalized spacial score (nSPS) is 12.2. The third-order valence-electron chi connectivity index (χ3n) is 4.03. The number of esters is 1.